The van der Waals surface area contributed by atoms with Gasteiger partial charge in [-0.2, -0.15) is 18.3 Å². The molecule has 0 unspecified atom stereocenters. The van der Waals surface area contributed by atoms with Crippen LogP contribution in [0.4, 0.5) is 18.9 Å². The number of hydrogen-bond acceptors (Lipinski definition) is 3. The molecule has 0 aliphatic carbocycles. The molecule has 3 rings (SSSR count). The van der Waals surface area contributed by atoms with Crippen LogP contribution < -0.4 is 10.3 Å². The summed E-state index contributed by atoms with van der Waals surface area (Å²) < 4.78 is 38.5. The normalized spacial score (nSPS) is 15.8. The second-order valence-corrected chi connectivity index (χ2v) is 8.50. The third-order valence-electron chi connectivity index (χ3n) is 5.24. The molecule has 1 aliphatic heterocycles. The molecule has 4 nitrogen and oxygen atoms in total. The molecular formula is C24H26F3N3O. The van der Waals surface area contributed by atoms with Crippen molar-refractivity contribution in [3.05, 3.63) is 70.8 Å². The molecule has 0 aromatic heterocycles. The van der Waals surface area contributed by atoms with E-state index in [2.05, 4.69) is 56.1 Å². The number of halogens is 3. The highest BCUT2D eigenvalue weighted by Gasteiger charge is 2.33. The zero-order valence-electron chi connectivity index (χ0n) is 18.2. The Labute approximate surface area is 180 Å². The van der Waals surface area contributed by atoms with Gasteiger partial charge in [-0.15, -0.1) is 0 Å². The average Bonchev–Trinajstić information content (AvgIpc) is 2.66. The first-order valence-corrected chi connectivity index (χ1v) is 10.0. The van der Waals surface area contributed by atoms with Crippen LogP contribution in [0.15, 0.2) is 53.6 Å². The summed E-state index contributed by atoms with van der Waals surface area (Å²) in [5, 5.41) is 3.93. The number of carbonyl (C=O) groups excluding carboxylic acids is 1. The average molecular weight is 429 g/mol. The lowest BCUT2D eigenvalue weighted by Gasteiger charge is -2.46. The van der Waals surface area contributed by atoms with E-state index in [4.69, 9.17) is 0 Å². The summed E-state index contributed by atoms with van der Waals surface area (Å²) in [6, 6.07) is 10.5. The second kappa shape index (κ2) is 8.21. The van der Waals surface area contributed by atoms with Gasteiger partial charge in [0.15, 0.2) is 0 Å². The van der Waals surface area contributed by atoms with E-state index in [1.807, 2.05) is 18.2 Å². The van der Waals surface area contributed by atoms with Crippen LogP contribution in [0.1, 0.15) is 61.7 Å². The lowest BCUT2D eigenvalue weighted by Crippen LogP contribution is -2.49. The summed E-state index contributed by atoms with van der Waals surface area (Å²) in [5.74, 6) is -0.705. The van der Waals surface area contributed by atoms with Crippen LogP contribution in [0, 0.1) is 0 Å². The van der Waals surface area contributed by atoms with E-state index in [9.17, 15) is 18.0 Å². The molecule has 164 valence electrons. The van der Waals surface area contributed by atoms with Crippen LogP contribution in [-0.4, -0.2) is 23.7 Å². The number of hydrogen-bond donors (Lipinski definition) is 1. The lowest BCUT2D eigenvalue weighted by atomic mass is 9.87. The highest BCUT2D eigenvalue weighted by molar-refractivity contribution is 5.95. The summed E-state index contributed by atoms with van der Waals surface area (Å²) in [6.07, 6.45) is -0.795. The maximum Gasteiger partial charge on any atom is 0.416 e. The van der Waals surface area contributed by atoms with E-state index in [-0.39, 0.29) is 11.1 Å². The van der Waals surface area contributed by atoms with E-state index in [0.29, 0.717) is 6.04 Å². The molecule has 0 radical (unpaired) electrons. The third-order valence-corrected chi connectivity index (χ3v) is 5.24. The molecule has 0 bridgehead atoms. The van der Waals surface area contributed by atoms with Crippen molar-refractivity contribution in [2.45, 2.75) is 52.4 Å². The summed E-state index contributed by atoms with van der Waals surface area (Å²) in [4.78, 5) is 14.5. The predicted octanol–water partition coefficient (Wildman–Crippen LogP) is 5.88. The lowest BCUT2D eigenvalue weighted by molar-refractivity contribution is -0.137. The summed E-state index contributed by atoms with van der Waals surface area (Å²) in [7, 11) is 0. The van der Waals surface area contributed by atoms with E-state index in [0.717, 1.165) is 34.5 Å². The van der Waals surface area contributed by atoms with Gasteiger partial charge in [-0.1, -0.05) is 18.2 Å². The standard InChI is InChI=1S/C24H26F3N3O/c1-15(2)30-21-10-9-17(11-20(21)16(3)13-23(30,4)5)14-28-29-22(31)18-7-6-8-19(12-18)24(25,26)27/h6-15H,1-5H3,(H,29,31)/b28-14+. The molecule has 0 spiro atoms. The molecular weight excluding hydrogens is 403 g/mol. The maximum absolute atomic E-state index is 12.8. The smallest absolute Gasteiger partial charge is 0.360 e. The van der Waals surface area contributed by atoms with Gasteiger partial charge in [-0.25, -0.2) is 5.43 Å². The molecule has 1 aliphatic rings. The Morgan fingerprint density at radius 3 is 2.52 bits per heavy atom. The van der Waals surface area contributed by atoms with Crippen LogP contribution in [0.3, 0.4) is 0 Å². The maximum atomic E-state index is 12.8. The zero-order valence-corrected chi connectivity index (χ0v) is 18.2. The van der Waals surface area contributed by atoms with Crippen molar-refractivity contribution in [3.63, 3.8) is 0 Å². The zero-order chi connectivity index (χ0) is 23.0. The minimum atomic E-state index is -4.51. The predicted molar refractivity (Wildman–Crippen MR) is 118 cm³/mol. The summed E-state index contributed by atoms with van der Waals surface area (Å²) in [5.41, 5.74) is 5.35. The van der Waals surface area contributed by atoms with Gasteiger partial charge < -0.3 is 4.90 Å². The quantitative estimate of drug-likeness (QED) is 0.487. The van der Waals surface area contributed by atoms with Gasteiger partial charge in [-0.3, -0.25) is 4.79 Å². The van der Waals surface area contributed by atoms with E-state index >= 15 is 0 Å². The molecule has 2 aromatic rings. The van der Waals surface area contributed by atoms with Gasteiger partial charge in [0.25, 0.3) is 5.91 Å². The molecule has 0 fully saturated rings. The van der Waals surface area contributed by atoms with E-state index in [1.54, 1.807) is 0 Å². The number of amides is 1. The Balaban J connectivity index is 1.79. The SMILES string of the molecule is CC1=CC(C)(C)N(C(C)C)c2ccc(/C=N/NC(=O)c3cccc(C(F)(F)F)c3)cc21. The van der Waals surface area contributed by atoms with Crippen molar-refractivity contribution in [2.75, 3.05) is 4.90 Å². The second-order valence-electron chi connectivity index (χ2n) is 8.50. The summed E-state index contributed by atoms with van der Waals surface area (Å²) in [6.45, 7) is 10.7. The summed E-state index contributed by atoms with van der Waals surface area (Å²) >= 11 is 0. The molecule has 31 heavy (non-hydrogen) atoms. The minimum absolute atomic E-state index is 0.106. The molecule has 1 N–H and O–H groups in total. The Hall–Kier alpha value is -3.09. The number of nitrogens with zero attached hydrogens (tertiary/aromatic N) is 2. The molecule has 2 aromatic carbocycles. The van der Waals surface area contributed by atoms with Crippen molar-refractivity contribution < 1.29 is 18.0 Å². The number of benzene rings is 2. The van der Waals surface area contributed by atoms with Gasteiger partial charge in [0, 0.05) is 22.9 Å². The Bertz CT molecular complexity index is 1050. The molecule has 0 atom stereocenters. The number of nitrogens with one attached hydrogen (secondary N) is 1. The first-order valence-electron chi connectivity index (χ1n) is 10.0. The van der Waals surface area contributed by atoms with Gasteiger partial charge in [0.1, 0.15) is 0 Å². The number of alkyl halides is 3. The van der Waals surface area contributed by atoms with Crippen molar-refractivity contribution in [2.24, 2.45) is 5.10 Å². The Morgan fingerprint density at radius 1 is 1.16 bits per heavy atom. The molecule has 0 saturated heterocycles. The van der Waals surface area contributed by atoms with Gasteiger partial charge in [0.05, 0.1) is 17.3 Å². The van der Waals surface area contributed by atoms with Crippen molar-refractivity contribution in [1.82, 2.24) is 5.43 Å². The number of carbonyl (C=O) groups is 1. The number of allylic oxidation sites excluding steroid dienone is 1. The number of rotatable bonds is 4. The van der Waals surface area contributed by atoms with Gasteiger partial charge in [0.2, 0.25) is 0 Å². The van der Waals surface area contributed by atoms with Crippen molar-refractivity contribution in [1.29, 1.82) is 0 Å². The van der Waals surface area contributed by atoms with Crippen molar-refractivity contribution >= 4 is 23.4 Å². The number of fused-ring (bicyclic) bond motifs is 1. The number of hydrazone groups is 1. The highest BCUT2D eigenvalue weighted by Crippen LogP contribution is 2.40. The first kappa shape index (κ1) is 22.6. The fourth-order valence-electron chi connectivity index (χ4n) is 4.16. The van der Waals surface area contributed by atoms with Crippen LogP contribution in [0.25, 0.3) is 5.57 Å². The molecule has 1 heterocycles. The van der Waals surface area contributed by atoms with Crippen LogP contribution in [0.5, 0.6) is 0 Å². The van der Waals surface area contributed by atoms with Gasteiger partial charge >= 0.3 is 6.18 Å². The van der Waals surface area contributed by atoms with Crippen LogP contribution in [-0.2, 0) is 6.18 Å². The van der Waals surface area contributed by atoms with E-state index in [1.165, 1.54) is 18.3 Å². The Morgan fingerprint density at radius 2 is 1.87 bits per heavy atom. The fraction of sp³-hybridized carbons (Fsp3) is 0.333. The Kier molecular flexibility index (Phi) is 5.98. The largest absolute Gasteiger partial charge is 0.416 e. The van der Waals surface area contributed by atoms with E-state index < -0.39 is 17.6 Å². The van der Waals surface area contributed by atoms with Gasteiger partial charge in [-0.05, 0) is 76.1 Å². The minimum Gasteiger partial charge on any atom is -0.360 e. The highest BCUT2D eigenvalue weighted by atomic mass is 19.4. The fourth-order valence-corrected chi connectivity index (χ4v) is 4.16. The first-order chi connectivity index (χ1) is 14.4. The van der Waals surface area contributed by atoms with Crippen molar-refractivity contribution in [3.8, 4) is 0 Å². The molecule has 7 heteroatoms. The van der Waals surface area contributed by atoms with Crippen LogP contribution in [0.2, 0.25) is 0 Å². The molecule has 0 saturated carbocycles. The van der Waals surface area contributed by atoms with Crippen LogP contribution >= 0.6 is 0 Å². The number of anilines is 1. The monoisotopic (exact) mass is 429 g/mol. The topological polar surface area (TPSA) is 44.7 Å². The third kappa shape index (κ3) is 4.81. The molecule has 1 amide bonds.